The molecular weight excluding hydrogens is 765 g/mol. The SMILES string of the molecule is CCC1C(C)C(C)C(C)C1C.CCC1C(C)C(C)C(C)C1C.[Re].[Re].[S-][S-].[S-][S-]. The van der Waals surface area contributed by atoms with E-state index in [0.717, 1.165) is 59.2 Å². The summed E-state index contributed by atoms with van der Waals surface area (Å²) in [6, 6.07) is 0. The summed E-state index contributed by atoms with van der Waals surface area (Å²) < 4.78 is 0. The van der Waals surface area contributed by atoms with E-state index < -0.39 is 0 Å². The third kappa shape index (κ3) is 10.1. The summed E-state index contributed by atoms with van der Waals surface area (Å²) in [6.07, 6.45) is 2.74. The second-order valence-corrected chi connectivity index (χ2v) is 9.02. The Balaban J connectivity index is -0.000000165. The first-order valence-electron chi connectivity index (χ1n) is 10.5. The van der Waals surface area contributed by atoms with E-state index in [-0.39, 0.29) is 40.8 Å². The molecule has 28 heavy (non-hydrogen) atoms. The van der Waals surface area contributed by atoms with Gasteiger partial charge < -0.3 is 46.6 Å². The van der Waals surface area contributed by atoms with Crippen LogP contribution in [0.15, 0.2) is 0 Å². The normalized spacial score (nSPS) is 40.9. The van der Waals surface area contributed by atoms with E-state index in [1.807, 2.05) is 0 Å². The van der Waals surface area contributed by atoms with Crippen molar-refractivity contribution in [1.29, 1.82) is 0 Å². The molecule has 174 valence electrons. The minimum atomic E-state index is 0. The van der Waals surface area contributed by atoms with Crippen LogP contribution in [0, 0.1) is 59.2 Å². The quantitative estimate of drug-likeness (QED) is 0.215. The predicted molar refractivity (Wildman–Crippen MR) is 130 cm³/mol. The fourth-order valence-electron chi connectivity index (χ4n) is 5.92. The number of hydrogen-bond donors (Lipinski definition) is 0. The predicted octanol–water partition coefficient (Wildman–Crippen LogP) is 7.13. The third-order valence-corrected chi connectivity index (χ3v) is 8.62. The second-order valence-electron chi connectivity index (χ2n) is 9.02. The molecule has 0 N–H and O–H groups in total. The molecule has 0 aromatic rings. The molecule has 8 unspecified atom stereocenters. The van der Waals surface area contributed by atoms with Gasteiger partial charge in [0.15, 0.2) is 0 Å². The van der Waals surface area contributed by atoms with E-state index in [4.69, 9.17) is 0 Å². The molecule has 2 fully saturated rings. The van der Waals surface area contributed by atoms with Crippen LogP contribution >= 0.6 is 0 Å². The van der Waals surface area contributed by atoms with Gasteiger partial charge in [-0.05, 0) is 59.2 Å². The molecule has 2 aliphatic carbocycles. The van der Waals surface area contributed by atoms with Gasteiger partial charge in [0.25, 0.3) is 0 Å². The van der Waals surface area contributed by atoms with Crippen molar-refractivity contribution in [3.05, 3.63) is 0 Å². The summed E-state index contributed by atoms with van der Waals surface area (Å²) in [4.78, 5) is 0. The maximum atomic E-state index is 3.67. The molecule has 0 nitrogen and oxygen atoms in total. The summed E-state index contributed by atoms with van der Waals surface area (Å²) >= 11 is 14.7. The fraction of sp³-hybridized carbons (Fsp3) is 1.00. The van der Waals surface area contributed by atoms with E-state index in [9.17, 15) is 0 Å². The van der Waals surface area contributed by atoms with E-state index >= 15 is 0 Å². The molecule has 0 bridgehead atoms. The van der Waals surface area contributed by atoms with Crippen molar-refractivity contribution in [1.82, 2.24) is 0 Å². The first kappa shape index (κ1) is 38.0. The molecule has 0 amide bonds. The minimum Gasteiger partial charge on any atom is -1.00 e. The molecule has 2 radical (unpaired) electrons. The largest absolute Gasteiger partial charge is 1.00 e. The fourth-order valence-corrected chi connectivity index (χ4v) is 5.92. The molecule has 0 heterocycles. The zero-order chi connectivity index (χ0) is 21.2. The molecule has 6 heteroatoms. The van der Waals surface area contributed by atoms with Gasteiger partial charge in [-0.3, -0.25) is 0 Å². The van der Waals surface area contributed by atoms with E-state index in [1.54, 1.807) is 0 Å². The van der Waals surface area contributed by atoms with Crippen LogP contribution in [0.2, 0.25) is 0 Å². The summed E-state index contributed by atoms with van der Waals surface area (Å²) in [5.41, 5.74) is 0. The van der Waals surface area contributed by atoms with Gasteiger partial charge in [0.1, 0.15) is 0 Å². The van der Waals surface area contributed by atoms with Crippen molar-refractivity contribution in [3.8, 4) is 0 Å². The van der Waals surface area contributed by atoms with Crippen molar-refractivity contribution in [3.63, 3.8) is 0 Å². The molecule has 8 atom stereocenters. The summed E-state index contributed by atoms with van der Waals surface area (Å²) in [5.74, 6) is 9.53. The maximum absolute atomic E-state index is 3.67. The Morgan fingerprint density at radius 3 is 0.607 bits per heavy atom. The Hall–Kier alpha value is 2.72. The molecule has 0 aliphatic heterocycles. The Morgan fingerprint density at radius 1 is 0.393 bits per heavy atom. The Labute approximate surface area is 226 Å². The van der Waals surface area contributed by atoms with Crippen molar-refractivity contribution < 1.29 is 40.8 Å². The minimum absolute atomic E-state index is 0. The molecule has 2 saturated carbocycles. The molecule has 0 aromatic heterocycles. The summed E-state index contributed by atoms with van der Waals surface area (Å²) in [5, 5.41) is 0. The van der Waals surface area contributed by atoms with E-state index in [1.165, 1.54) is 12.8 Å². The average molecular weight is 809 g/mol. The molecule has 2 rings (SSSR count). The summed E-state index contributed by atoms with van der Waals surface area (Å²) in [7, 11) is 0. The third-order valence-electron chi connectivity index (χ3n) is 8.62. The van der Waals surface area contributed by atoms with Crippen LogP contribution in [0.3, 0.4) is 0 Å². The smallest absolute Gasteiger partial charge is 0 e. The average Bonchev–Trinajstić information content (AvgIpc) is 2.98. The van der Waals surface area contributed by atoms with Crippen LogP contribution < -0.4 is 0 Å². The maximum Gasteiger partial charge on any atom is 0 e. The molecule has 0 saturated heterocycles. The van der Waals surface area contributed by atoms with Crippen LogP contribution in [0.5, 0.6) is 0 Å². The zero-order valence-electron chi connectivity index (χ0n) is 19.6. The molecule has 0 aromatic carbocycles. The van der Waals surface area contributed by atoms with Gasteiger partial charge >= 0.3 is 0 Å². The molecule has 2 aliphatic rings. The van der Waals surface area contributed by atoms with Crippen molar-refractivity contribution in [2.45, 2.75) is 82.1 Å². The number of hydrogen-bond acceptors (Lipinski definition) is 4. The standard InChI is InChI=1S/2C11H22.2Re.2S2/c2*1-6-11-9(4)7(2)8(3)10(11)5;;;2*1-2/h2*7-11H,6H2,1-5H3;;;;/q;;;;2*-2. The van der Waals surface area contributed by atoms with Gasteiger partial charge in [0, 0.05) is 40.8 Å². The molecule has 0 spiro atoms. The second kappa shape index (κ2) is 20.3. The Bertz CT molecular complexity index is 286. The van der Waals surface area contributed by atoms with Crippen molar-refractivity contribution >= 4 is 46.6 Å². The van der Waals surface area contributed by atoms with E-state index in [0.29, 0.717) is 0 Å². The molecular formula is C22H44Re2S4-4. The van der Waals surface area contributed by atoms with Gasteiger partial charge in [-0.2, -0.15) is 0 Å². The number of rotatable bonds is 2. The topological polar surface area (TPSA) is 0 Å². The first-order valence-corrected chi connectivity index (χ1v) is 13.2. The van der Waals surface area contributed by atoms with Gasteiger partial charge in [-0.15, -0.1) is 0 Å². The van der Waals surface area contributed by atoms with Gasteiger partial charge in [0.05, 0.1) is 0 Å². The Kier molecular flexibility index (Phi) is 27.6. The van der Waals surface area contributed by atoms with Crippen molar-refractivity contribution in [2.24, 2.45) is 59.2 Å². The van der Waals surface area contributed by atoms with Crippen LogP contribution in [0.25, 0.3) is 0 Å². The van der Waals surface area contributed by atoms with Crippen LogP contribution in [0.1, 0.15) is 82.1 Å². The van der Waals surface area contributed by atoms with Crippen LogP contribution in [0.4, 0.5) is 0 Å². The van der Waals surface area contributed by atoms with Gasteiger partial charge in [-0.25, -0.2) is 0 Å². The summed E-state index contributed by atoms with van der Waals surface area (Å²) in [6.45, 7) is 24.1. The van der Waals surface area contributed by atoms with Crippen LogP contribution in [-0.2, 0) is 87.5 Å². The van der Waals surface area contributed by atoms with Crippen LogP contribution in [-0.4, -0.2) is 0 Å². The first-order chi connectivity index (χ1) is 12.2. The Morgan fingerprint density at radius 2 is 0.536 bits per heavy atom. The monoisotopic (exact) mass is 810 g/mol. The van der Waals surface area contributed by atoms with E-state index in [2.05, 4.69) is 116 Å². The van der Waals surface area contributed by atoms with Gasteiger partial charge in [-0.1, -0.05) is 82.1 Å². The van der Waals surface area contributed by atoms with Gasteiger partial charge in [0.2, 0.25) is 0 Å². The van der Waals surface area contributed by atoms with Crippen molar-refractivity contribution in [2.75, 3.05) is 0 Å². The zero-order valence-corrected chi connectivity index (χ0v) is 28.3.